The second-order valence-corrected chi connectivity index (χ2v) is 5.93. The summed E-state index contributed by atoms with van der Waals surface area (Å²) in [5.41, 5.74) is 6.82. The lowest BCUT2D eigenvalue weighted by Crippen LogP contribution is -2.43. The number of ether oxygens (including phenoxy) is 1. The Morgan fingerprint density at radius 2 is 1.74 bits per heavy atom. The Labute approximate surface area is 162 Å². The van der Waals surface area contributed by atoms with Gasteiger partial charge in [-0.3, -0.25) is 4.79 Å². The van der Waals surface area contributed by atoms with Crippen molar-refractivity contribution in [1.29, 1.82) is 0 Å². The summed E-state index contributed by atoms with van der Waals surface area (Å²) in [7, 11) is 1.52. The van der Waals surface area contributed by atoms with Crippen LogP contribution in [-0.2, 0) is 20.9 Å². The number of nitrogens with one attached hydrogen (secondary N) is 1. The first kappa shape index (κ1) is 22.6. The van der Waals surface area contributed by atoms with E-state index in [0.29, 0.717) is 6.54 Å². The number of halogens is 1. The summed E-state index contributed by atoms with van der Waals surface area (Å²) < 4.78 is 4.79. The van der Waals surface area contributed by atoms with Crippen LogP contribution in [0.1, 0.15) is 17.2 Å². The average Bonchev–Trinajstić information content (AvgIpc) is 2.67. The Morgan fingerprint density at radius 1 is 1.15 bits per heavy atom. The van der Waals surface area contributed by atoms with E-state index in [1.165, 1.54) is 19.2 Å². The normalized spacial score (nSPS) is 12.3. The minimum atomic E-state index is -1.54. The van der Waals surface area contributed by atoms with Gasteiger partial charge in [-0.05, 0) is 11.6 Å². The number of aliphatic hydroxyl groups is 1. The van der Waals surface area contributed by atoms with E-state index in [9.17, 15) is 9.59 Å². The maximum absolute atomic E-state index is 11.4. The van der Waals surface area contributed by atoms with Crippen molar-refractivity contribution in [2.75, 3.05) is 13.7 Å². The zero-order valence-electron chi connectivity index (χ0n) is 14.8. The molecule has 0 unspecified atom stereocenters. The number of amides is 1. The smallest absolute Gasteiger partial charge is 0.337 e. The van der Waals surface area contributed by atoms with Crippen LogP contribution in [0.15, 0.2) is 54.6 Å². The molecule has 2 aromatic rings. The number of benzene rings is 2. The van der Waals surface area contributed by atoms with Crippen molar-refractivity contribution < 1.29 is 24.5 Å². The van der Waals surface area contributed by atoms with Crippen molar-refractivity contribution in [2.24, 2.45) is 5.73 Å². The highest BCUT2D eigenvalue weighted by atomic mass is 35.5. The number of carbonyl (C=O) groups is 2. The zero-order valence-corrected chi connectivity index (χ0v) is 15.6. The Hall–Kier alpha value is -2.45. The highest BCUT2D eigenvalue weighted by Gasteiger charge is 2.17. The Kier molecular flexibility index (Phi) is 10.1. The van der Waals surface area contributed by atoms with E-state index in [-0.39, 0.29) is 23.1 Å². The Balaban J connectivity index is 0.000000277. The molecule has 0 heterocycles. The van der Waals surface area contributed by atoms with Crippen LogP contribution in [0.2, 0.25) is 5.02 Å². The standard InChI is InChI=1S/C11H16N2O2.C8H7ClO3/c1-15-8-10(12)11(14)13-7-9-5-3-2-4-6-9;9-6-4-2-1-3-5(6)7(10)8(11)12/h2-6,10H,7-8,12H2,1H3,(H,13,14);1-4,7,10H,(H,11,12)/t10-;7-/m10/s1. The molecule has 1 amide bonds. The van der Waals surface area contributed by atoms with Gasteiger partial charge in [-0.1, -0.05) is 60.1 Å². The van der Waals surface area contributed by atoms with Crippen molar-refractivity contribution in [1.82, 2.24) is 5.32 Å². The van der Waals surface area contributed by atoms with Crippen LogP contribution >= 0.6 is 11.6 Å². The molecule has 0 aliphatic carbocycles. The lowest BCUT2D eigenvalue weighted by Gasteiger charge is -2.10. The van der Waals surface area contributed by atoms with Crippen molar-refractivity contribution >= 4 is 23.5 Å². The van der Waals surface area contributed by atoms with Gasteiger partial charge in [0.05, 0.1) is 6.61 Å². The largest absolute Gasteiger partial charge is 0.479 e. The van der Waals surface area contributed by atoms with Gasteiger partial charge >= 0.3 is 5.97 Å². The first-order valence-electron chi connectivity index (χ1n) is 8.08. The average molecular weight is 395 g/mol. The van der Waals surface area contributed by atoms with E-state index in [1.54, 1.807) is 12.1 Å². The summed E-state index contributed by atoms with van der Waals surface area (Å²) in [6, 6.07) is 15.4. The third kappa shape index (κ3) is 8.19. The van der Waals surface area contributed by atoms with Gasteiger partial charge in [-0.2, -0.15) is 0 Å². The molecule has 7 nitrogen and oxygen atoms in total. The van der Waals surface area contributed by atoms with Gasteiger partial charge in [0.15, 0.2) is 6.10 Å². The zero-order chi connectivity index (χ0) is 20.2. The summed E-state index contributed by atoms with van der Waals surface area (Å²) in [6.45, 7) is 0.734. The summed E-state index contributed by atoms with van der Waals surface area (Å²) in [5.74, 6) is -1.50. The molecule has 2 aromatic carbocycles. The topological polar surface area (TPSA) is 122 Å². The van der Waals surface area contributed by atoms with Crippen molar-refractivity contribution in [2.45, 2.75) is 18.7 Å². The van der Waals surface area contributed by atoms with Crippen molar-refractivity contribution in [3.8, 4) is 0 Å². The van der Waals surface area contributed by atoms with Gasteiger partial charge in [0.1, 0.15) is 6.04 Å². The molecule has 146 valence electrons. The number of rotatable bonds is 7. The number of carboxylic acids is 1. The number of carboxylic acid groups (broad SMARTS) is 1. The van der Waals surface area contributed by atoms with Gasteiger partial charge in [0.25, 0.3) is 0 Å². The van der Waals surface area contributed by atoms with E-state index in [1.807, 2.05) is 30.3 Å². The minimum absolute atomic E-state index is 0.194. The number of nitrogens with two attached hydrogens (primary N) is 1. The fourth-order valence-electron chi connectivity index (χ4n) is 2.00. The highest BCUT2D eigenvalue weighted by Crippen LogP contribution is 2.22. The quantitative estimate of drug-likeness (QED) is 0.567. The third-order valence-corrected chi connectivity index (χ3v) is 3.77. The molecule has 0 fully saturated rings. The summed E-state index contributed by atoms with van der Waals surface area (Å²) in [5, 5.41) is 20.5. The number of methoxy groups -OCH3 is 1. The number of aliphatic hydroxyl groups excluding tert-OH is 1. The molecule has 0 aromatic heterocycles. The van der Waals surface area contributed by atoms with E-state index in [0.717, 1.165) is 5.56 Å². The van der Waals surface area contributed by atoms with E-state index < -0.39 is 18.1 Å². The minimum Gasteiger partial charge on any atom is -0.479 e. The van der Waals surface area contributed by atoms with Gasteiger partial charge in [0.2, 0.25) is 5.91 Å². The number of carbonyl (C=O) groups excluding carboxylic acids is 1. The van der Waals surface area contributed by atoms with Crippen LogP contribution in [0.5, 0.6) is 0 Å². The molecule has 2 atom stereocenters. The molecule has 0 saturated carbocycles. The highest BCUT2D eigenvalue weighted by molar-refractivity contribution is 6.31. The first-order chi connectivity index (χ1) is 12.9. The van der Waals surface area contributed by atoms with Crippen LogP contribution in [0, 0.1) is 0 Å². The van der Waals surface area contributed by atoms with Crippen LogP contribution < -0.4 is 11.1 Å². The number of hydrogen-bond donors (Lipinski definition) is 4. The van der Waals surface area contributed by atoms with Crippen molar-refractivity contribution in [3.63, 3.8) is 0 Å². The molecule has 5 N–H and O–H groups in total. The second kappa shape index (κ2) is 12.0. The molecule has 0 aliphatic heterocycles. The fraction of sp³-hybridized carbons (Fsp3) is 0.263. The van der Waals surface area contributed by atoms with Crippen LogP contribution in [-0.4, -0.2) is 41.8 Å². The van der Waals surface area contributed by atoms with E-state index in [2.05, 4.69) is 5.32 Å². The predicted molar refractivity (Wildman–Crippen MR) is 102 cm³/mol. The molecule has 0 bridgehead atoms. The van der Waals surface area contributed by atoms with Crippen LogP contribution in [0.4, 0.5) is 0 Å². The molecule has 8 heteroatoms. The summed E-state index contributed by atoms with van der Waals surface area (Å²) >= 11 is 5.64. The Bertz CT molecular complexity index is 727. The van der Waals surface area contributed by atoms with Gasteiger partial charge in [0, 0.05) is 24.2 Å². The SMILES string of the molecule is COC[C@@H](N)C(=O)NCc1ccccc1.O=C(O)[C@@H](O)c1ccccc1Cl. The molecular formula is C19H23ClN2O5. The van der Waals surface area contributed by atoms with E-state index >= 15 is 0 Å². The lowest BCUT2D eigenvalue weighted by molar-refractivity contribution is -0.147. The summed E-state index contributed by atoms with van der Waals surface area (Å²) in [4.78, 5) is 21.7. The van der Waals surface area contributed by atoms with Crippen LogP contribution in [0.25, 0.3) is 0 Å². The monoisotopic (exact) mass is 394 g/mol. The van der Waals surface area contributed by atoms with Crippen molar-refractivity contribution in [3.05, 3.63) is 70.7 Å². The van der Waals surface area contributed by atoms with E-state index in [4.69, 9.17) is 32.3 Å². The van der Waals surface area contributed by atoms with Crippen LogP contribution in [0.3, 0.4) is 0 Å². The lowest BCUT2D eigenvalue weighted by atomic mass is 10.1. The summed E-state index contributed by atoms with van der Waals surface area (Å²) in [6.07, 6.45) is -1.54. The molecule has 0 spiro atoms. The fourth-order valence-corrected chi connectivity index (χ4v) is 2.24. The van der Waals surface area contributed by atoms with Gasteiger partial charge < -0.3 is 26.0 Å². The first-order valence-corrected chi connectivity index (χ1v) is 8.46. The number of hydrogen-bond acceptors (Lipinski definition) is 5. The second-order valence-electron chi connectivity index (χ2n) is 5.53. The molecule has 0 radical (unpaired) electrons. The predicted octanol–water partition coefficient (Wildman–Crippen LogP) is 1.73. The molecular weight excluding hydrogens is 372 g/mol. The third-order valence-electron chi connectivity index (χ3n) is 3.43. The Morgan fingerprint density at radius 3 is 2.30 bits per heavy atom. The molecule has 0 aliphatic rings. The van der Waals surface area contributed by atoms with Gasteiger partial charge in [-0.25, -0.2) is 4.79 Å². The molecule has 0 saturated heterocycles. The van der Waals surface area contributed by atoms with Gasteiger partial charge in [-0.15, -0.1) is 0 Å². The molecule has 2 rings (SSSR count). The maximum Gasteiger partial charge on any atom is 0.337 e. The maximum atomic E-state index is 11.4. The molecule has 27 heavy (non-hydrogen) atoms. The number of aliphatic carboxylic acids is 1.